The van der Waals surface area contributed by atoms with E-state index in [4.69, 9.17) is 0 Å². The van der Waals surface area contributed by atoms with E-state index in [-0.39, 0.29) is 17.7 Å². The Morgan fingerprint density at radius 3 is 2.65 bits per heavy atom. The average Bonchev–Trinajstić information content (AvgIpc) is 3.33. The molecule has 0 aliphatic carbocycles. The van der Waals surface area contributed by atoms with E-state index in [2.05, 4.69) is 21.7 Å². The molecule has 0 atom stereocenters. The van der Waals surface area contributed by atoms with Crippen LogP contribution in [0, 0.1) is 12.8 Å². The van der Waals surface area contributed by atoms with Crippen LogP contribution >= 0.6 is 23.1 Å². The lowest BCUT2D eigenvalue weighted by Gasteiger charge is -2.31. The van der Waals surface area contributed by atoms with Gasteiger partial charge in [-0.2, -0.15) is 0 Å². The van der Waals surface area contributed by atoms with Crippen LogP contribution in [0.2, 0.25) is 0 Å². The predicted molar refractivity (Wildman–Crippen MR) is 127 cm³/mol. The Kier molecular flexibility index (Phi) is 7.04. The minimum atomic E-state index is -0.101. The molecule has 2 aromatic heterocycles. The van der Waals surface area contributed by atoms with Gasteiger partial charge in [-0.05, 0) is 55.0 Å². The Morgan fingerprint density at radius 2 is 1.94 bits per heavy atom. The van der Waals surface area contributed by atoms with Crippen molar-refractivity contribution in [2.45, 2.75) is 30.4 Å². The van der Waals surface area contributed by atoms with E-state index in [0.29, 0.717) is 31.7 Å². The molecule has 1 aromatic carbocycles. The van der Waals surface area contributed by atoms with Crippen LogP contribution < -0.4 is 5.32 Å². The van der Waals surface area contributed by atoms with Crippen LogP contribution in [0.15, 0.2) is 65.0 Å². The number of rotatable bonds is 6. The molecule has 1 aliphatic rings. The first-order valence-corrected chi connectivity index (χ1v) is 12.2. The Balaban J connectivity index is 1.34. The molecule has 7 heteroatoms. The van der Waals surface area contributed by atoms with Crippen LogP contribution in [-0.4, -0.2) is 34.8 Å². The summed E-state index contributed by atoms with van der Waals surface area (Å²) < 4.78 is 0. The number of carbonyl (C=O) groups is 2. The monoisotopic (exact) mass is 451 g/mol. The van der Waals surface area contributed by atoms with Crippen molar-refractivity contribution in [1.82, 2.24) is 9.88 Å². The maximum absolute atomic E-state index is 13.2. The number of amides is 2. The molecule has 1 fully saturated rings. The lowest BCUT2D eigenvalue weighted by Crippen LogP contribution is -2.41. The van der Waals surface area contributed by atoms with E-state index >= 15 is 0 Å². The average molecular weight is 452 g/mol. The highest BCUT2D eigenvalue weighted by Crippen LogP contribution is 2.30. The third-order valence-corrected chi connectivity index (χ3v) is 7.56. The SMILES string of the molecule is Cc1ccc(NC(=O)C2CCN(C(=O)c3ccccc3SCc3cccs3)CC2)nc1. The molecule has 0 spiro atoms. The minimum absolute atomic E-state index is 0.0182. The number of aromatic nitrogens is 1. The Bertz CT molecular complexity index is 1030. The van der Waals surface area contributed by atoms with E-state index in [1.165, 1.54) is 4.88 Å². The number of aryl methyl sites for hydroxylation is 1. The highest BCUT2D eigenvalue weighted by molar-refractivity contribution is 7.98. The van der Waals surface area contributed by atoms with Crippen molar-refractivity contribution in [3.05, 3.63) is 76.1 Å². The number of piperidine rings is 1. The Hall–Kier alpha value is -2.64. The second-order valence-corrected chi connectivity index (χ2v) is 9.69. The highest BCUT2D eigenvalue weighted by atomic mass is 32.2. The number of carbonyl (C=O) groups excluding carboxylic acids is 2. The van der Waals surface area contributed by atoms with Crippen LogP contribution in [-0.2, 0) is 10.5 Å². The molecular formula is C24H25N3O2S2. The van der Waals surface area contributed by atoms with Crippen molar-refractivity contribution in [2.24, 2.45) is 5.92 Å². The first kappa shape index (κ1) is 21.6. The van der Waals surface area contributed by atoms with Gasteiger partial charge in [0.15, 0.2) is 0 Å². The van der Waals surface area contributed by atoms with Crippen LogP contribution in [0.3, 0.4) is 0 Å². The molecule has 2 amide bonds. The molecule has 3 heterocycles. The van der Waals surface area contributed by atoms with Crippen molar-refractivity contribution in [3.8, 4) is 0 Å². The third kappa shape index (κ3) is 5.54. The zero-order valence-corrected chi connectivity index (χ0v) is 19.0. The van der Waals surface area contributed by atoms with E-state index in [1.54, 1.807) is 29.3 Å². The quantitative estimate of drug-likeness (QED) is 0.521. The van der Waals surface area contributed by atoms with Gasteiger partial charge in [-0.3, -0.25) is 9.59 Å². The number of likely N-dealkylation sites (tertiary alicyclic amines) is 1. The maximum Gasteiger partial charge on any atom is 0.254 e. The summed E-state index contributed by atoms with van der Waals surface area (Å²) in [5.74, 6) is 1.36. The summed E-state index contributed by atoms with van der Waals surface area (Å²) in [6.07, 6.45) is 3.06. The van der Waals surface area contributed by atoms with Crippen molar-refractivity contribution >= 4 is 40.7 Å². The molecule has 1 aliphatic heterocycles. The summed E-state index contributed by atoms with van der Waals surface area (Å²) in [6, 6.07) is 15.7. The molecular weight excluding hydrogens is 426 g/mol. The van der Waals surface area contributed by atoms with Crippen LogP contribution in [0.4, 0.5) is 5.82 Å². The third-order valence-electron chi connectivity index (χ3n) is 5.38. The molecule has 5 nitrogen and oxygen atoms in total. The standard InChI is InChI=1S/C24H25N3O2S2/c1-17-8-9-22(25-15-17)26-23(28)18-10-12-27(13-11-18)24(29)20-6-2-3-7-21(20)31-16-19-5-4-14-30-19/h2-9,14-15,18H,10-13,16H2,1H3,(H,25,26,28). The predicted octanol–water partition coefficient (Wildman–Crippen LogP) is 5.23. The van der Waals surface area contributed by atoms with E-state index < -0.39 is 0 Å². The molecule has 1 N–H and O–H groups in total. The van der Waals surface area contributed by atoms with Gasteiger partial charge in [0, 0.05) is 40.7 Å². The molecule has 0 bridgehead atoms. The van der Waals surface area contributed by atoms with Crippen molar-refractivity contribution in [3.63, 3.8) is 0 Å². The zero-order valence-electron chi connectivity index (χ0n) is 17.4. The number of thiophene rings is 1. The van der Waals surface area contributed by atoms with Gasteiger partial charge in [0.1, 0.15) is 5.82 Å². The molecule has 1 saturated heterocycles. The van der Waals surface area contributed by atoms with Crippen molar-refractivity contribution < 1.29 is 9.59 Å². The summed E-state index contributed by atoms with van der Waals surface area (Å²) in [5, 5.41) is 4.97. The Labute approximate surface area is 190 Å². The van der Waals surface area contributed by atoms with E-state index in [0.717, 1.165) is 21.8 Å². The summed E-state index contributed by atoms with van der Waals surface area (Å²) >= 11 is 3.43. The number of anilines is 1. The zero-order chi connectivity index (χ0) is 21.6. The number of hydrogen-bond donors (Lipinski definition) is 1. The lowest BCUT2D eigenvalue weighted by molar-refractivity contribution is -0.121. The van der Waals surface area contributed by atoms with Gasteiger partial charge >= 0.3 is 0 Å². The van der Waals surface area contributed by atoms with Gasteiger partial charge < -0.3 is 10.2 Å². The fraction of sp³-hybridized carbons (Fsp3) is 0.292. The van der Waals surface area contributed by atoms with Gasteiger partial charge in [0.25, 0.3) is 5.91 Å². The number of thioether (sulfide) groups is 1. The molecule has 0 unspecified atom stereocenters. The molecule has 31 heavy (non-hydrogen) atoms. The van der Waals surface area contributed by atoms with Crippen LogP contribution in [0.5, 0.6) is 0 Å². The maximum atomic E-state index is 13.2. The number of nitrogens with zero attached hydrogens (tertiary/aromatic N) is 2. The largest absolute Gasteiger partial charge is 0.339 e. The summed E-state index contributed by atoms with van der Waals surface area (Å²) in [5.41, 5.74) is 1.80. The number of benzene rings is 1. The summed E-state index contributed by atoms with van der Waals surface area (Å²) in [6.45, 7) is 3.13. The number of pyridine rings is 1. The van der Waals surface area contributed by atoms with E-state index in [1.807, 2.05) is 54.3 Å². The van der Waals surface area contributed by atoms with Gasteiger partial charge in [0.05, 0.1) is 5.56 Å². The van der Waals surface area contributed by atoms with Gasteiger partial charge in [0.2, 0.25) is 5.91 Å². The topological polar surface area (TPSA) is 62.3 Å². The fourth-order valence-corrected chi connectivity index (χ4v) is 5.42. The van der Waals surface area contributed by atoms with Crippen molar-refractivity contribution in [2.75, 3.05) is 18.4 Å². The summed E-state index contributed by atoms with van der Waals surface area (Å²) in [4.78, 5) is 34.2. The molecule has 3 aromatic rings. The number of hydrogen-bond acceptors (Lipinski definition) is 5. The first-order valence-electron chi connectivity index (χ1n) is 10.4. The second kappa shape index (κ2) is 10.1. The molecule has 0 saturated carbocycles. The second-order valence-electron chi connectivity index (χ2n) is 7.64. The highest BCUT2D eigenvalue weighted by Gasteiger charge is 2.28. The van der Waals surface area contributed by atoms with Crippen LogP contribution in [0.1, 0.15) is 33.6 Å². The smallest absolute Gasteiger partial charge is 0.254 e. The molecule has 0 radical (unpaired) electrons. The summed E-state index contributed by atoms with van der Waals surface area (Å²) in [7, 11) is 0. The number of nitrogens with one attached hydrogen (secondary N) is 1. The normalized spacial score (nSPS) is 14.4. The fourth-order valence-electron chi connectivity index (χ4n) is 3.60. The lowest BCUT2D eigenvalue weighted by atomic mass is 9.95. The van der Waals surface area contributed by atoms with Crippen LogP contribution in [0.25, 0.3) is 0 Å². The van der Waals surface area contributed by atoms with Gasteiger partial charge in [-0.1, -0.05) is 24.3 Å². The Morgan fingerprint density at radius 1 is 1.13 bits per heavy atom. The molecule has 4 rings (SSSR count). The van der Waals surface area contributed by atoms with Gasteiger partial charge in [-0.25, -0.2) is 4.98 Å². The van der Waals surface area contributed by atoms with E-state index in [9.17, 15) is 9.59 Å². The van der Waals surface area contributed by atoms with Crippen molar-refractivity contribution in [1.29, 1.82) is 0 Å². The molecule has 160 valence electrons. The first-order chi connectivity index (χ1) is 15.1. The minimum Gasteiger partial charge on any atom is -0.339 e. The van der Waals surface area contributed by atoms with Gasteiger partial charge in [-0.15, -0.1) is 23.1 Å².